The fourth-order valence-electron chi connectivity index (χ4n) is 2.60. The van der Waals surface area contributed by atoms with Gasteiger partial charge >= 0.3 is 0 Å². The third kappa shape index (κ3) is 5.46. The van der Waals surface area contributed by atoms with Gasteiger partial charge in [-0.15, -0.1) is 0 Å². The lowest BCUT2D eigenvalue weighted by Crippen LogP contribution is -2.39. The lowest BCUT2D eigenvalue weighted by molar-refractivity contribution is -0.384. The Morgan fingerprint density at radius 3 is 2.56 bits per heavy atom. The van der Waals surface area contributed by atoms with E-state index in [0.29, 0.717) is 5.70 Å². The quantitative estimate of drug-likeness (QED) is 0.506. The number of nitrogens with zero attached hydrogens (tertiary/aromatic N) is 1. The molecule has 3 N–H and O–H groups in total. The van der Waals surface area contributed by atoms with E-state index in [2.05, 4.69) is 22.7 Å². The first-order valence-corrected chi connectivity index (χ1v) is 8.22. The van der Waals surface area contributed by atoms with Gasteiger partial charge in [0.25, 0.3) is 11.6 Å². The van der Waals surface area contributed by atoms with Gasteiger partial charge in [0, 0.05) is 23.4 Å². The summed E-state index contributed by atoms with van der Waals surface area (Å²) >= 11 is 5.77. The van der Waals surface area contributed by atoms with Crippen molar-refractivity contribution in [3.05, 3.63) is 51.2 Å². The van der Waals surface area contributed by atoms with Gasteiger partial charge in [0.1, 0.15) is 5.02 Å². The van der Waals surface area contributed by atoms with Gasteiger partial charge in [-0.25, -0.2) is 0 Å². The number of hydrazine groups is 1. The Kier molecular flexibility index (Phi) is 6.35. The molecule has 2 rings (SSSR count). The van der Waals surface area contributed by atoms with Gasteiger partial charge in [-0.3, -0.25) is 25.1 Å². The number of hydrogen-bond donors (Lipinski definition) is 3. The predicted octanol–water partition coefficient (Wildman–Crippen LogP) is 2.45. The second kappa shape index (κ2) is 8.48. The van der Waals surface area contributed by atoms with Crippen molar-refractivity contribution in [3.8, 4) is 0 Å². The maximum absolute atomic E-state index is 12.0. The summed E-state index contributed by atoms with van der Waals surface area (Å²) in [5, 5.41) is 13.5. The summed E-state index contributed by atoms with van der Waals surface area (Å²) in [6.07, 6.45) is 4.26. The highest BCUT2D eigenvalue weighted by Crippen LogP contribution is 2.24. The largest absolute Gasteiger partial charge is 0.353 e. The van der Waals surface area contributed by atoms with Crippen molar-refractivity contribution in [2.45, 2.75) is 38.1 Å². The number of rotatable bonds is 7. The van der Waals surface area contributed by atoms with Crippen LogP contribution in [0, 0.1) is 10.1 Å². The van der Waals surface area contributed by atoms with Crippen molar-refractivity contribution in [1.82, 2.24) is 16.2 Å². The van der Waals surface area contributed by atoms with Gasteiger partial charge in [-0.1, -0.05) is 31.0 Å². The third-order valence-corrected chi connectivity index (χ3v) is 4.16. The Labute approximate surface area is 149 Å². The van der Waals surface area contributed by atoms with Gasteiger partial charge in [0.05, 0.1) is 11.3 Å². The van der Waals surface area contributed by atoms with Crippen LogP contribution in [-0.4, -0.2) is 22.8 Å². The second-order valence-corrected chi connectivity index (χ2v) is 6.24. The van der Waals surface area contributed by atoms with Gasteiger partial charge in [0.15, 0.2) is 0 Å². The molecule has 0 aliphatic heterocycles. The molecule has 1 saturated carbocycles. The standard InChI is InChI=1S/C16H19ClN4O4/c1-10(8-15(22)18-12-4-2-3-5-12)19-20-16(23)11-6-7-14(21(24)25)13(17)9-11/h6-7,9,12,19H,1-5,8H2,(H,18,22)(H,20,23). The Bertz CT molecular complexity index is 701. The first kappa shape index (κ1) is 18.7. The van der Waals surface area contributed by atoms with E-state index in [1.54, 1.807) is 0 Å². The number of hydrogen-bond acceptors (Lipinski definition) is 5. The molecule has 1 aliphatic carbocycles. The molecule has 8 nitrogen and oxygen atoms in total. The van der Waals surface area contributed by atoms with Crippen LogP contribution in [0.1, 0.15) is 42.5 Å². The van der Waals surface area contributed by atoms with E-state index in [0.717, 1.165) is 31.7 Å². The maximum atomic E-state index is 12.0. The first-order valence-electron chi connectivity index (χ1n) is 7.84. The Hall–Kier alpha value is -2.61. The summed E-state index contributed by atoms with van der Waals surface area (Å²) in [5.74, 6) is -0.703. The van der Waals surface area contributed by atoms with Crippen LogP contribution >= 0.6 is 11.6 Å². The van der Waals surface area contributed by atoms with E-state index < -0.39 is 10.8 Å². The van der Waals surface area contributed by atoms with E-state index in [1.165, 1.54) is 12.1 Å². The SMILES string of the molecule is C=C(CC(=O)NC1CCCC1)NNC(=O)c1ccc([N+](=O)[O-])c(Cl)c1. The van der Waals surface area contributed by atoms with Crippen molar-refractivity contribution in [3.63, 3.8) is 0 Å². The molecule has 0 aromatic heterocycles. The van der Waals surface area contributed by atoms with Gasteiger partial charge < -0.3 is 10.7 Å². The van der Waals surface area contributed by atoms with Crippen molar-refractivity contribution in [2.24, 2.45) is 0 Å². The zero-order valence-electron chi connectivity index (χ0n) is 13.5. The molecular formula is C16H19ClN4O4. The molecule has 1 aromatic rings. The molecule has 0 radical (unpaired) electrons. The van der Waals surface area contributed by atoms with Crippen molar-refractivity contribution in [2.75, 3.05) is 0 Å². The number of nitro benzene ring substituents is 1. The number of nitro groups is 1. The highest BCUT2D eigenvalue weighted by atomic mass is 35.5. The van der Waals surface area contributed by atoms with Crippen molar-refractivity contribution >= 4 is 29.1 Å². The average molecular weight is 367 g/mol. The summed E-state index contributed by atoms with van der Waals surface area (Å²) in [4.78, 5) is 33.9. The number of benzene rings is 1. The molecule has 9 heteroatoms. The van der Waals surface area contributed by atoms with Crippen molar-refractivity contribution in [1.29, 1.82) is 0 Å². The van der Waals surface area contributed by atoms with E-state index in [9.17, 15) is 19.7 Å². The van der Waals surface area contributed by atoms with E-state index in [-0.39, 0.29) is 34.6 Å². The summed E-state index contributed by atoms with van der Waals surface area (Å²) < 4.78 is 0. The Morgan fingerprint density at radius 1 is 1.28 bits per heavy atom. The molecule has 0 spiro atoms. The van der Waals surface area contributed by atoms with Crippen LogP contribution in [0.15, 0.2) is 30.5 Å². The summed E-state index contributed by atoms with van der Waals surface area (Å²) in [7, 11) is 0. The summed E-state index contributed by atoms with van der Waals surface area (Å²) in [6.45, 7) is 3.69. The fourth-order valence-corrected chi connectivity index (χ4v) is 2.85. The molecule has 134 valence electrons. The average Bonchev–Trinajstić information content (AvgIpc) is 3.04. The molecule has 1 aliphatic rings. The Balaban J connectivity index is 1.80. The number of carbonyl (C=O) groups excluding carboxylic acids is 2. The van der Waals surface area contributed by atoms with Gasteiger partial charge in [0.2, 0.25) is 5.91 Å². The molecule has 2 amide bonds. The molecule has 0 saturated heterocycles. The van der Waals surface area contributed by atoms with Gasteiger partial charge in [-0.2, -0.15) is 0 Å². The fraction of sp³-hybridized carbons (Fsp3) is 0.375. The number of halogens is 1. The van der Waals surface area contributed by atoms with Gasteiger partial charge in [-0.05, 0) is 25.0 Å². The van der Waals surface area contributed by atoms with E-state index in [4.69, 9.17) is 11.6 Å². The van der Waals surface area contributed by atoms with Crippen LogP contribution in [-0.2, 0) is 4.79 Å². The van der Waals surface area contributed by atoms with Crippen LogP contribution in [0.3, 0.4) is 0 Å². The topological polar surface area (TPSA) is 113 Å². The highest BCUT2D eigenvalue weighted by Gasteiger charge is 2.18. The lowest BCUT2D eigenvalue weighted by atomic mass is 10.2. The number of amides is 2. The molecule has 0 heterocycles. The summed E-state index contributed by atoms with van der Waals surface area (Å²) in [6, 6.07) is 3.86. The Morgan fingerprint density at radius 2 is 1.96 bits per heavy atom. The smallest absolute Gasteiger partial charge is 0.287 e. The predicted molar refractivity (Wildman–Crippen MR) is 92.9 cm³/mol. The van der Waals surface area contributed by atoms with E-state index >= 15 is 0 Å². The summed E-state index contributed by atoms with van der Waals surface area (Å²) in [5.41, 5.74) is 5.14. The van der Waals surface area contributed by atoms with Crippen molar-refractivity contribution < 1.29 is 14.5 Å². The molecule has 0 bridgehead atoms. The van der Waals surface area contributed by atoms with Crippen LogP contribution in [0.4, 0.5) is 5.69 Å². The van der Waals surface area contributed by atoms with Crippen LogP contribution < -0.4 is 16.2 Å². The lowest BCUT2D eigenvalue weighted by Gasteiger charge is -2.14. The molecule has 0 atom stereocenters. The minimum absolute atomic E-state index is 0.0395. The van der Waals surface area contributed by atoms with Crippen LogP contribution in [0.2, 0.25) is 5.02 Å². The number of nitrogens with one attached hydrogen (secondary N) is 3. The zero-order valence-corrected chi connectivity index (χ0v) is 14.3. The molecule has 25 heavy (non-hydrogen) atoms. The third-order valence-electron chi connectivity index (χ3n) is 3.85. The highest BCUT2D eigenvalue weighted by molar-refractivity contribution is 6.33. The van der Waals surface area contributed by atoms with Crippen LogP contribution in [0.25, 0.3) is 0 Å². The minimum atomic E-state index is -0.632. The minimum Gasteiger partial charge on any atom is -0.353 e. The first-order chi connectivity index (χ1) is 11.9. The molecule has 1 fully saturated rings. The zero-order chi connectivity index (χ0) is 18.4. The van der Waals surface area contributed by atoms with Crippen LogP contribution in [0.5, 0.6) is 0 Å². The second-order valence-electron chi connectivity index (χ2n) is 5.83. The molecular weight excluding hydrogens is 348 g/mol. The molecule has 1 aromatic carbocycles. The maximum Gasteiger partial charge on any atom is 0.287 e. The van der Waals surface area contributed by atoms with E-state index in [1.807, 2.05) is 0 Å². The number of carbonyl (C=O) groups is 2. The molecule has 0 unspecified atom stereocenters. The monoisotopic (exact) mass is 366 g/mol. The normalized spacial score (nSPS) is 14.0.